The summed E-state index contributed by atoms with van der Waals surface area (Å²) in [5.41, 5.74) is 0. The number of ether oxygens (including phenoxy) is 1. The molecule has 0 aromatic heterocycles. The number of methoxy groups -OCH3 is 1. The standard InChI is InChI=1S/C9H18O2S2/c1-4-12-5-6-13-7-8(2)9(10)11-3/h8H,4-7H2,1-3H3. The molecule has 0 fully saturated rings. The Morgan fingerprint density at radius 1 is 1.38 bits per heavy atom. The minimum Gasteiger partial charge on any atom is -0.469 e. The van der Waals surface area contributed by atoms with Crippen LogP contribution in [-0.2, 0) is 9.53 Å². The van der Waals surface area contributed by atoms with Crippen molar-refractivity contribution in [2.24, 2.45) is 5.92 Å². The zero-order chi connectivity index (χ0) is 10.1. The first-order chi connectivity index (χ1) is 6.22. The van der Waals surface area contributed by atoms with E-state index in [1.54, 1.807) is 0 Å². The summed E-state index contributed by atoms with van der Waals surface area (Å²) in [6.45, 7) is 4.07. The number of thioether (sulfide) groups is 2. The number of hydrogen-bond acceptors (Lipinski definition) is 4. The molecule has 0 rings (SSSR count). The lowest BCUT2D eigenvalue weighted by Gasteiger charge is -2.07. The van der Waals surface area contributed by atoms with Gasteiger partial charge >= 0.3 is 5.97 Å². The van der Waals surface area contributed by atoms with Crippen LogP contribution in [0.5, 0.6) is 0 Å². The molecular formula is C9H18O2S2. The van der Waals surface area contributed by atoms with Crippen LogP contribution in [0, 0.1) is 5.92 Å². The number of rotatable bonds is 7. The molecule has 13 heavy (non-hydrogen) atoms. The fourth-order valence-electron chi connectivity index (χ4n) is 0.792. The van der Waals surface area contributed by atoms with Crippen molar-refractivity contribution in [3.63, 3.8) is 0 Å². The van der Waals surface area contributed by atoms with Gasteiger partial charge in [0.2, 0.25) is 0 Å². The molecule has 0 aromatic rings. The molecular weight excluding hydrogens is 204 g/mol. The van der Waals surface area contributed by atoms with Crippen molar-refractivity contribution in [3.05, 3.63) is 0 Å². The van der Waals surface area contributed by atoms with Gasteiger partial charge in [-0.05, 0) is 5.75 Å². The van der Waals surface area contributed by atoms with Crippen molar-refractivity contribution < 1.29 is 9.53 Å². The number of carbonyl (C=O) groups is 1. The molecule has 0 N–H and O–H groups in total. The van der Waals surface area contributed by atoms with Gasteiger partial charge in [-0.1, -0.05) is 13.8 Å². The van der Waals surface area contributed by atoms with Crippen LogP contribution in [0.1, 0.15) is 13.8 Å². The third-order valence-corrected chi connectivity index (χ3v) is 3.94. The van der Waals surface area contributed by atoms with E-state index in [0.717, 1.165) is 11.5 Å². The first kappa shape index (κ1) is 13.2. The molecule has 0 saturated heterocycles. The Bertz CT molecular complexity index is 140. The minimum absolute atomic E-state index is 0.0293. The maximum Gasteiger partial charge on any atom is 0.309 e. The summed E-state index contributed by atoms with van der Waals surface area (Å²) >= 11 is 3.76. The van der Waals surface area contributed by atoms with Crippen molar-refractivity contribution in [2.45, 2.75) is 13.8 Å². The molecule has 0 aliphatic carbocycles. The molecule has 0 radical (unpaired) electrons. The summed E-state index contributed by atoms with van der Waals surface area (Å²) in [6, 6.07) is 0. The second kappa shape index (κ2) is 8.75. The third-order valence-electron chi connectivity index (χ3n) is 1.55. The number of hydrogen-bond donors (Lipinski definition) is 0. The van der Waals surface area contributed by atoms with Crippen LogP contribution in [0.3, 0.4) is 0 Å². The van der Waals surface area contributed by atoms with Crippen LogP contribution in [0.4, 0.5) is 0 Å². The van der Waals surface area contributed by atoms with Gasteiger partial charge in [0.15, 0.2) is 0 Å². The Kier molecular flexibility index (Phi) is 8.87. The molecule has 0 spiro atoms. The van der Waals surface area contributed by atoms with Crippen LogP contribution in [-0.4, -0.2) is 36.1 Å². The summed E-state index contributed by atoms with van der Waals surface area (Å²) < 4.78 is 4.63. The highest BCUT2D eigenvalue weighted by atomic mass is 32.2. The Labute approximate surface area is 89.2 Å². The van der Waals surface area contributed by atoms with E-state index < -0.39 is 0 Å². The predicted molar refractivity (Wildman–Crippen MR) is 61.5 cm³/mol. The van der Waals surface area contributed by atoms with E-state index in [4.69, 9.17) is 0 Å². The van der Waals surface area contributed by atoms with E-state index in [9.17, 15) is 4.79 Å². The first-order valence-electron chi connectivity index (χ1n) is 4.45. The fourth-order valence-corrected chi connectivity index (χ4v) is 2.68. The molecule has 0 amide bonds. The maximum atomic E-state index is 11.0. The molecule has 78 valence electrons. The van der Waals surface area contributed by atoms with E-state index in [-0.39, 0.29) is 11.9 Å². The molecule has 0 bridgehead atoms. The summed E-state index contributed by atoms with van der Waals surface area (Å²) in [5, 5.41) is 0. The molecule has 2 nitrogen and oxygen atoms in total. The smallest absolute Gasteiger partial charge is 0.309 e. The SMILES string of the molecule is CCSCCSCC(C)C(=O)OC. The van der Waals surface area contributed by atoms with Gasteiger partial charge in [0.05, 0.1) is 13.0 Å². The highest BCUT2D eigenvalue weighted by Crippen LogP contribution is 2.11. The molecule has 0 heterocycles. The van der Waals surface area contributed by atoms with Crippen LogP contribution in [0.15, 0.2) is 0 Å². The summed E-state index contributed by atoms with van der Waals surface area (Å²) in [5.74, 6) is 4.27. The Morgan fingerprint density at radius 2 is 2.00 bits per heavy atom. The van der Waals surface area contributed by atoms with E-state index in [1.807, 2.05) is 30.4 Å². The quantitative estimate of drug-likeness (QED) is 0.488. The predicted octanol–water partition coefficient (Wildman–Crippen LogP) is 2.28. The van der Waals surface area contributed by atoms with Crippen LogP contribution < -0.4 is 0 Å². The summed E-state index contributed by atoms with van der Waals surface area (Å²) in [6.07, 6.45) is 0. The Hall–Kier alpha value is 0.170. The van der Waals surface area contributed by atoms with Crippen molar-refractivity contribution in [1.82, 2.24) is 0 Å². The van der Waals surface area contributed by atoms with Gasteiger partial charge in [0.1, 0.15) is 0 Å². The van der Waals surface area contributed by atoms with E-state index >= 15 is 0 Å². The molecule has 1 atom stereocenters. The monoisotopic (exact) mass is 222 g/mol. The van der Waals surface area contributed by atoms with Crippen molar-refractivity contribution >= 4 is 29.5 Å². The molecule has 4 heteroatoms. The lowest BCUT2D eigenvalue weighted by Crippen LogP contribution is -2.15. The lowest BCUT2D eigenvalue weighted by atomic mass is 10.2. The van der Waals surface area contributed by atoms with Gasteiger partial charge in [-0.25, -0.2) is 0 Å². The first-order valence-corrected chi connectivity index (χ1v) is 6.76. The van der Waals surface area contributed by atoms with Crippen molar-refractivity contribution in [2.75, 3.05) is 30.1 Å². The minimum atomic E-state index is -0.101. The third kappa shape index (κ3) is 7.26. The van der Waals surface area contributed by atoms with Gasteiger partial charge in [0, 0.05) is 17.3 Å². The summed E-state index contributed by atoms with van der Waals surface area (Å²) in [7, 11) is 1.44. The zero-order valence-corrected chi connectivity index (χ0v) is 10.2. The Balaban J connectivity index is 3.26. The fraction of sp³-hybridized carbons (Fsp3) is 0.889. The zero-order valence-electron chi connectivity index (χ0n) is 8.54. The molecule has 0 saturated carbocycles. The van der Waals surface area contributed by atoms with E-state index in [0.29, 0.717) is 0 Å². The van der Waals surface area contributed by atoms with Crippen LogP contribution >= 0.6 is 23.5 Å². The van der Waals surface area contributed by atoms with Gasteiger partial charge in [-0.2, -0.15) is 23.5 Å². The molecule has 0 aromatic carbocycles. The van der Waals surface area contributed by atoms with Gasteiger partial charge in [0.25, 0.3) is 0 Å². The number of carbonyl (C=O) groups excluding carboxylic acids is 1. The molecule has 1 unspecified atom stereocenters. The van der Waals surface area contributed by atoms with E-state index in [1.165, 1.54) is 18.6 Å². The average molecular weight is 222 g/mol. The number of esters is 1. The molecule has 0 aliphatic heterocycles. The van der Waals surface area contributed by atoms with Crippen molar-refractivity contribution in [1.29, 1.82) is 0 Å². The highest BCUT2D eigenvalue weighted by molar-refractivity contribution is 8.02. The van der Waals surface area contributed by atoms with Crippen LogP contribution in [0.25, 0.3) is 0 Å². The average Bonchev–Trinajstić information content (AvgIpc) is 2.16. The summed E-state index contributed by atoms with van der Waals surface area (Å²) in [4.78, 5) is 11.0. The Morgan fingerprint density at radius 3 is 2.54 bits per heavy atom. The van der Waals surface area contributed by atoms with Crippen LogP contribution in [0.2, 0.25) is 0 Å². The van der Waals surface area contributed by atoms with Gasteiger partial charge in [-0.15, -0.1) is 0 Å². The maximum absolute atomic E-state index is 11.0. The second-order valence-electron chi connectivity index (χ2n) is 2.70. The molecule has 0 aliphatic rings. The van der Waals surface area contributed by atoms with Gasteiger partial charge < -0.3 is 4.74 Å². The highest BCUT2D eigenvalue weighted by Gasteiger charge is 2.11. The largest absolute Gasteiger partial charge is 0.469 e. The second-order valence-corrected chi connectivity index (χ2v) is 5.24. The lowest BCUT2D eigenvalue weighted by molar-refractivity contribution is -0.143. The topological polar surface area (TPSA) is 26.3 Å². The van der Waals surface area contributed by atoms with E-state index in [2.05, 4.69) is 11.7 Å². The normalized spacial score (nSPS) is 12.5. The van der Waals surface area contributed by atoms with Crippen molar-refractivity contribution in [3.8, 4) is 0 Å². The van der Waals surface area contributed by atoms with Gasteiger partial charge in [-0.3, -0.25) is 4.79 Å².